The second-order valence-electron chi connectivity index (χ2n) is 8.80. The van der Waals surface area contributed by atoms with Gasteiger partial charge in [-0.15, -0.1) is 10.2 Å². The Labute approximate surface area is 215 Å². The van der Waals surface area contributed by atoms with E-state index in [1.807, 2.05) is 50.2 Å². The van der Waals surface area contributed by atoms with Crippen molar-refractivity contribution in [1.29, 1.82) is 0 Å². The molecule has 1 aliphatic carbocycles. The predicted octanol–water partition coefficient (Wildman–Crippen LogP) is 6.37. The third-order valence-corrected chi connectivity index (χ3v) is 7.50. The number of rotatable bonds is 9. The number of hydrogen-bond donors (Lipinski definition) is 1. The minimum absolute atomic E-state index is 0.119. The highest BCUT2D eigenvalue weighted by atomic mass is 35.5. The highest BCUT2D eigenvalue weighted by molar-refractivity contribution is 7.99. The Kier molecular flexibility index (Phi) is 8.57. The highest BCUT2D eigenvalue weighted by Crippen LogP contribution is 2.33. The summed E-state index contributed by atoms with van der Waals surface area (Å²) >= 11 is 7.54. The van der Waals surface area contributed by atoms with Gasteiger partial charge in [0, 0.05) is 11.1 Å². The van der Waals surface area contributed by atoms with E-state index >= 15 is 0 Å². The van der Waals surface area contributed by atoms with Gasteiger partial charge in [0.25, 0.3) is 0 Å². The molecule has 0 radical (unpaired) electrons. The maximum Gasteiger partial charge on any atom is 0.234 e. The van der Waals surface area contributed by atoms with Gasteiger partial charge < -0.3 is 14.8 Å². The van der Waals surface area contributed by atoms with Crippen LogP contribution in [0.5, 0.6) is 11.5 Å². The molecule has 1 aromatic heterocycles. The van der Waals surface area contributed by atoms with E-state index in [1.54, 1.807) is 7.11 Å². The van der Waals surface area contributed by atoms with Gasteiger partial charge in [0.15, 0.2) is 11.0 Å². The molecule has 7 nitrogen and oxygen atoms in total. The van der Waals surface area contributed by atoms with Crippen molar-refractivity contribution in [3.63, 3.8) is 0 Å². The number of nitrogens with one attached hydrogen (secondary N) is 1. The second-order valence-corrected chi connectivity index (χ2v) is 10.2. The Morgan fingerprint density at radius 2 is 1.94 bits per heavy atom. The number of hydrogen-bond acceptors (Lipinski definition) is 6. The van der Waals surface area contributed by atoms with Crippen LogP contribution in [0, 0.1) is 13.8 Å². The standard InChI is InChI=1S/C26H31ClN4O3S/c1-17-9-12-23(33-3)22(13-17)28-25(32)16-35-26-30-29-24(31(26)19-7-5-4-6-8-19)15-34-20-10-11-21(27)18(2)14-20/h9-14,19H,4-8,15-16H2,1-3H3,(H,28,32). The number of aromatic nitrogens is 3. The first-order chi connectivity index (χ1) is 16.9. The van der Waals surface area contributed by atoms with Crippen LogP contribution in [0.2, 0.25) is 5.02 Å². The second kappa shape index (κ2) is 11.8. The quantitative estimate of drug-likeness (QED) is 0.334. The molecule has 1 fully saturated rings. The number of amides is 1. The number of thioether (sulfide) groups is 1. The number of nitrogens with zero attached hydrogens (tertiary/aromatic N) is 3. The first kappa shape index (κ1) is 25.4. The molecule has 0 saturated heterocycles. The molecule has 4 rings (SSSR count). The smallest absolute Gasteiger partial charge is 0.234 e. The van der Waals surface area contributed by atoms with Crippen LogP contribution in [0.1, 0.15) is 55.1 Å². The minimum Gasteiger partial charge on any atom is -0.495 e. The van der Waals surface area contributed by atoms with Crippen molar-refractivity contribution in [2.24, 2.45) is 0 Å². The lowest BCUT2D eigenvalue weighted by atomic mass is 9.95. The molecule has 0 bridgehead atoms. The van der Waals surface area contributed by atoms with Crippen LogP contribution in [-0.2, 0) is 11.4 Å². The molecule has 0 atom stereocenters. The molecule has 1 aliphatic rings. The van der Waals surface area contributed by atoms with Crippen LogP contribution in [0.3, 0.4) is 0 Å². The molecule has 1 heterocycles. The van der Waals surface area contributed by atoms with Gasteiger partial charge in [-0.3, -0.25) is 9.36 Å². The number of aryl methyl sites for hydroxylation is 2. The fraction of sp³-hybridized carbons (Fsp3) is 0.423. The van der Waals surface area contributed by atoms with Crippen LogP contribution in [-0.4, -0.2) is 33.5 Å². The van der Waals surface area contributed by atoms with E-state index in [4.69, 9.17) is 21.1 Å². The Morgan fingerprint density at radius 3 is 2.69 bits per heavy atom. The van der Waals surface area contributed by atoms with Gasteiger partial charge in [-0.1, -0.05) is 48.7 Å². The van der Waals surface area contributed by atoms with Crippen molar-refractivity contribution in [1.82, 2.24) is 14.8 Å². The summed E-state index contributed by atoms with van der Waals surface area (Å²) in [6, 6.07) is 11.6. The number of benzene rings is 2. The van der Waals surface area contributed by atoms with Crippen molar-refractivity contribution < 1.29 is 14.3 Å². The van der Waals surface area contributed by atoms with Crippen molar-refractivity contribution in [3.05, 3.63) is 58.4 Å². The van der Waals surface area contributed by atoms with Crippen LogP contribution in [0.25, 0.3) is 0 Å². The van der Waals surface area contributed by atoms with Gasteiger partial charge >= 0.3 is 0 Å². The lowest BCUT2D eigenvalue weighted by Crippen LogP contribution is -2.19. The van der Waals surface area contributed by atoms with Gasteiger partial charge in [0.1, 0.15) is 18.1 Å². The average Bonchev–Trinajstić information content (AvgIpc) is 3.27. The summed E-state index contributed by atoms with van der Waals surface area (Å²) < 4.78 is 13.6. The van der Waals surface area contributed by atoms with Gasteiger partial charge in [-0.2, -0.15) is 0 Å². The third-order valence-electron chi connectivity index (χ3n) is 6.13. The summed E-state index contributed by atoms with van der Waals surface area (Å²) in [5.74, 6) is 2.25. The maximum atomic E-state index is 12.7. The summed E-state index contributed by atoms with van der Waals surface area (Å²) in [5, 5.41) is 13.3. The molecule has 3 aromatic rings. The first-order valence-electron chi connectivity index (χ1n) is 11.8. The number of methoxy groups -OCH3 is 1. The monoisotopic (exact) mass is 514 g/mol. The normalized spacial score (nSPS) is 14.1. The maximum absolute atomic E-state index is 12.7. The van der Waals surface area contributed by atoms with Crippen LogP contribution in [0.4, 0.5) is 5.69 Å². The third kappa shape index (κ3) is 6.49. The lowest BCUT2D eigenvalue weighted by Gasteiger charge is -2.25. The summed E-state index contributed by atoms with van der Waals surface area (Å²) in [7, 11) is 1.59. The zero-order valence-corrected chi connectivity index (χ0v) is 21.9. The van der Waals surface area contributed by atoms with E-state index in [1.165, 1.54) is 31.0 Å². The molecule has 35 heavy (non-hydrogen) atoms. The number of carbonyl (C=O) groups is 1. The number of anilines is 1. The Morgan fingerprint density at radius 1 is 1.14 bits per heavy atom. The molecule has 0 aliphatic heterocycles. The SMILES string of the molecule is COc1ccc(C)cc1NC(=O)CSc1nnc(COc2ccc(Cl)c(C)c2)n1C1CCCCC1. The highest BCUT2D eigenvalue weighted by Gasteiger charge is 2.24. The number of carbonyl (C=O) groups excluding carboxylic acids is 1. The Balaban J connectivity index is 1.46. The molecule has 1 amide bonds. The zero-order chi connectivity index (χ0) is 24.8. The molecule has 0 spiro atoms. The largest absolute Gasteiger partial charge is 0.495 e. The first-order valence-corrected chi connectivity index (χ1v) is 13.2. The molecule has 186 valence electrons. The van der Waals surface area contributed by atoms with Crippen molar-refractivity contribution in [2.75, 3.05) is 18.2 Å². The van der Waals surface area contributed by atoms with E-state index in [0.29, 0.717) is 29.1 Å². The van der Waals surface area contributed by atoms with Gasteiger partial charge in [-0.25, -0.2) is 0 Å². The summed E-state index contributed by atoms with van der Waals surface area (Å²) in [5.41, 5.74) is 2.68. The van der Waals surface area contributed by atoms with Crippen molar-refractivity contribution in [3.8, 4) is 11.5 Å². The predicted molar refractivity (Wildman–Crippen MR) is 140 cm³/mol. The lowest BCUT2D eigenvalue weighted by molar-refractivity contribution is -0.113. The topological polar surface area (TPSA) is 78.3 Å². The summed E-state index contributed by atoms with van der Waals surface area (Å²) in [6.45, 7) is 4.23. The fourth-order valence-corrected chi connectivity index (χ4v) is 5.24. The minimum atomic E-state index is -0.119. The van der Waals surface area contributed by atoms with E-state index in [-0.39, 0.29) is 11.7 Å². The molecule has 1 N–H and O–H groups in total. The fourth-order valence-electron chi connectivity index (χ4n) is 4.30. The molecule has 0 unspecified atom stereocenters. The summed E-state index contributed by atoms with van der Waals surface area (Å²) in [4.78, 5) is 12.7. The zero-order valence-electron chi connectivity index (χ0n) is 20.3. The molecular weight excluding hydrogens is 484 g/mol. The molecular formula is C26H31ClN4O3S. The molecule has 9 heteroatoms. The van der Waals surface area contributed by atoms with Gasteiger partial charge in [0.05, 0.1) is 18.6 Å². The Hall–Kier alpha value is -2.71. The van der Waals surface area contributed by atoms with E-state index in [9.17, 15) is 4.79 Å². The molecule has 2 aromatic carbocycles. The van der Waals surface area contributed by atoms with Crippen LogP contribution >= 0.6 is 23.4 Å². The van der Waals surface area contributed by atoms with Crippen LogP contribution in [0.15, 0.2) is 41.6 Å². The van der Waals surface area contributed by atoms with Crippen LogP contribution < -0.4 is 14.8 Å². The van der Waals surface area contributed by atoms with E-state index in [2.05, 4.69) is 20.1 Å². The number of halogens is 1. The van der Waals surface area contributed by atoms with E-state index in [0.717, 1.165) is 40.7 Å². The van der Waals surface area contributed by atoms with Crippen molar-refractivity contribution in [2.45, 2.75) is 63.8 Å². The average molecular weight is 515 g/mol. The Bertz CT molecular complexity index is 1180. The molecule has 1 saturated carbocycles. The summed E-state index contributed by atoms with van der Waals surface area (Å²) in [6.07, 6.45) is 5.75. The number of ether oxygens (including phenoxy) is 2. The van der Waals surface area contributed by atoms with E-state index < -0.39 is 0 Å². The van der Waals surface area contributed by atoms with Crippen molar-refractivity contribution >= 4 is 35.0 Å². The van der Waals surface area contributed by atoms with Gasteiger partial charge in [0.2, 0.25) is 5.91 Å². The van der Waals surface area contributed by atoms with Gasteiger partial charge in [-0.05, 0) is 68.1 Å².